The molecule has 4 N–H and O–H groups in total. The second-order valence-corrected chi connectivity index (χ2v) is 8.02. The molecular formula is C22H24ClFO7. The van der Waals surface area contributed by atoms with Crippen molar-refractivity contribution in [2.75, 3.05) is 19.8 Å². The summed E-state index contributed by atoms with van der Waals surface area (Å²) in [7, 11) is 0. The van der Waals surface area contributed by atoms with Crippen molar-refractivity contribution in [2.45, 2.75) is 43.0 Å². The van der Waals surface area contributed by atoms with Crippen molar-refractivity contribution in [1.82, 2.24) is 0 Å². The summed E-state index contributed by atoms with van der Waals surface area (Å²) in [6.07, 6.45) is -4.92. The van der Waals surface area contributed by atoms with E-state index in [-0.39, 0.29) is 23.6 Å². The first-order chi connectivity index (χ1) is 16.7. The van der Waals surface area contributed by atoms with E-state index in [1.807, 2.05) is 0 Å². The van der Waals surface area contributed by atoms with Gasteiger partial charge in [0.1, 0.15) is 23.9 Å². The van der Waals surface area contributed by atoms with Crippen LogP contribution in [0, 0.1) is 5.82 Å². The minimum atomic E-state index is -3.13. The second-order valence-electron chi connectivity index (χ2n) is 7.61. The molecule has 0 aromatic heterocycles. The van der Waals surface area contributed by atoms with Crippen molar-refractivity contribution < 1.29 is 45.9 Å². The Hall–Kier alpha value is -1.78. The lowest BCUT2D eigenvalue weighted by molar-refractivity contribution is -0.329. The molecule has 2 heterocycles. The lowest BCUT2D eigenvalue weighted by Gasteiger charge is -2.46. The first kappa shape index (κ1) is 16.8. The minimum Gasteiger partial charge on any atom is -0.491 e. The molecule has 2 fully saturated rings. The van der Waals surface area contributed by atoms with Gasteiger partial charge in [-0.2, -0.15) is 0 Å². The molecule has 2 aliphatic rings. The minimum absolute atomic E-state index is 0.0541. The second kappa shape index (κ2) is 8.29. The van der Waals surface area contributed by atoms with E-state index in [4.69, 9.17) is 32.7 Å². The molecule has 31 heavy (non-hydrogen) atoms. The van der Waals surface area contributed by atoms with Gasteiger partial charge in [-0.15, -0.1) is 0 Å². The zero-order chi connectivity index (χ0) is 26.7. The molecule has 2 saturated heterocycles. The van der Waals surface area contributed by atoms with Crippen molar-refractivity contribution in [2.24, 2.45) is 0 Å². The maximum Gasteiger partial charge on any atom is 0.225 e. The van der Waals surface area contributed by atoms with Gasteiger partial charge < -0.3 is 34.6 Å². The van der Waals surface area contributed by atoms with E-state index in [0.717, 1.165) is 12.1 Å². The Morgan fingerprint density at radius 1 is 1.26 bits per heavy atom. The van der Waals surface area contributed by atoms with Crippen LogP contribution in [0.1, 0.15) is 30.4 Å². The number of fused-ring (bicyclic) bond motifs is 2. The molecule has 0 radical (unpaired) electrons. The topological polar surface area (TPSA) is 109 Å². The van der Waals surface area contributed by atoms with Gasteiger partial charge in [0.2, 0.25) is 5.79 Å². The van der Waals surface area contributed by atoms with Crippen LogP contribution in [-0.4, -0.2) is 64.1 Å². The maximum absolute atomic E-state index is 14.6. The van der Waals surface area contributed by atoms with Gasteiger partial charge in [0, 0.05) is 14.7 Å². The van der Waals surface area contributed by atoms with Crippen LogP contribution in [0.3, 0.4) is 0 Å². The van der Waals surface area contributed by atoms with E-state index in [1.165, 1.54) is 24.3 Å². The molecule has 1 unspecified atom stereocenters. The Kier molecular flexibility index (Phi) is 4.49. The largest absolute Gasteiger partial charge is 0.491 e. The summed E-state index contributed by atoms with van der Waals surface area (Å²) in [5.41, 5.74) is -0.585. The third kappa shape index (κ3) is 3.62. The number of rotatable bonds is 6. The standard InChI is InChI=1S/C22H24ClFO7/c1-2-29-17-6-3-12(8-16(17)24)7-13-9-14(4-5-15(13)23)22-20(28)18(26)19(27)21(10-25,31-22)11-30-22/h3-6,8-9,18-20,25-28H,2,7,10-11H2,1H3/t18-,19-,20+,21+,22?/m0/s1/i1D3,2D2. The lowest BCUT2D eigenvalue weighted by atomic mass is 9.83. The van der Waals surface area contributed by atoms with E-state index in [0.29, 0.717) is 11.1 Å². The number of halogens is 2. The zero-order valence-corrected chi connectivity index (χ0v) is 16.8. The molecule has 0 saturated carbocycles. The van der Waals surface area contributed by atoms with Crippen molar-refractivity contribution in [3.05, 3.63) is 63.9 Å². The Bertz CT molecular complexity index is 1150. The van der Waals surface area contributed by atoms with Gasteiger partial charge in [0.15, 0.2) is 11.6 Å². The Labute approximate surface area is 190 Å². The van der Waals surface area contributed by atoms with Crippen molar-refractivity contribution in [3.8, 4) is 5.75 Å². The molecule has 9 heteroatoms. The van der Waals surface area contributed by atoms with Crippen LogP contribution in [0.4, 0.5) is 4.39 Å². The summed E-state index contributed by atoms with van der Waals surface area (Å²) in [6, 6.07) is 8.04. The summed E-state index contributed by atoms with van der Waals surface area (Å²) in [6.45, 7) is -7.20. The normalized spacial score (nSPS) is 35.5. The molecule has 2 aliphatic heterocycles. The molecular weight excluding hydrogens is 431 g/mol. The van der Waals surface area contributed by atoms with Gasteiger partial charge >= 0.3 is 0 Å². The molecule has 0 aliphatic carbocycles. The van der Waals surface area contributed by atoms with Crippen LogP contribution in [0.5, 0.6) is 5.75 Å². The lowest BCUT2D eigenvalue weighted by Crippen LogP contribution is -2.65. The average molecular weight is 460 g/mol. The molecule has 4 rings (SSSR count). The van der Waals surface area contributed by atoms with E-state index in [1.54, 1.807) is 0 Å². The molecule has 2 bridgehead atoms. The Balaban J connectivity index is 1.62. The third-order valence-corrected chi connectivity index (χ3v) is 6.10. The molecule has 5 atom stereocenters. The van der Waals surface area contributed by atoms with Gasteiger partial charge in [-0.3, -0.25) is 0 Å². The smallest absolute Gasteiger partial charge is 0.225 e. The highest BCUT2D eigenvalue weighted by molar-refractivity contribution is 6.31. The van der Waals surface area contributed by atoms with Gasteiger partial charge in [-0.25, -0.2) is 4.39 Å². The van der Waals surface area contributed by atoms with Gasteiger partial charge in [0.05, 0.1) is 22.5 Å². The predicted octanol–water partition coefficient (Wildman–Crippen LogP) is 1.50. The first-order valence-corrected chi connectivity index (χ1v) is 9.79. The highest BCUT2D eigenvalue weighted by Gasteiger charge is 2.67. The van der Waals surface area contributed by atoms with Gasteiger partial charge in [-0.05, 0) is 48.7 Å². The van der Waals surface area contributed by atoms with Crippen LogP contribution in [0.2, 0.25) is 5.02 Å². The first-order valence-electron chi connectivity index (χ1n) is 11.9. The number of aliphatic hydroxyl groups is 4. The van der Waals surface area contributed by atoms with E-state index in [9.17, 15) is 24.8 Å². The monoisotopic (exact) mass is 459 g/mol. The maximum atomic E-state index is 14.6. The van der Waals surface area contributed by atoms with E-state index >= 15 is 0 Å². The van der Waals surface area contributed by atoms with Crippen molar-refractivity contribution in [1.29, 1.82) is 0 Å². The average Bonchev–Trinajstić information content (AvgIpc) is 3.19. The van der Waals surface area contributed by atoms with E-state index < -0.39 is 61.3 Å². The summed E-state index contributed by atoms with van der Waals surface area (Å²) in [5.74, 6) is -3.46. The molecule has 0 spiro atoms. The number of ether oxygens (including phenoxy) is 3. The fourth-order valence-electron chi connectivity index (χ4n) is 4.01. The van der Waals surface area contributed by atoms with Crippen LogP contribution in [-0.2, 0) is 21.7 Å². The number of benzene rings is 2. The Morgan fingerprint density at radius 2 is 2.06 bits per heavy atom. The molecule has 7 nitrogen and oxygen atoms in total. The summed E-state index contributed by atoms with van der Waals surface area (Å²) < 4.78 is 67.5. The quantitative estimate of drug-likeness (QED) is 0.518. The molecule has 2 aromatic rings. The number of hydrogen-bond donors (Lipinski definition) is 4. The molecule has 0 amide bonds. The SMILES string of the molecule is [2H]C([2H])([2H])C([2H])([2H])Oc1ccc(Cc2cc(C34OC[C@@](CO)(O3)[C@@H](O)[C@H](O)[C@H]4O)ccc2Cl)cc1F. The number of hydrogen-bond acceptors (Lipinski definition) is 7. The van der Waals surface area contributed by atoms with Crippen molar-refractivity contribution >= 4 is 11.6 Å². The third-order valence-electron chi connectivity index (χ3n) is 5.73. The van der Waals surface area contributed by atoms with Crippen molar-refractivity contribution in [3.63, 3.8) is 0 Å². The van der Waals surface area contributed by atoms with Crippen LogP contribution >= 0.6 is 11.6 Å². The van der Waals surface area contributed by atoms with Crippen LogP contribution in [0.15, 0.2) is 36.4 Å². The van der Waals surface area contributed by atoms with Crippen LogP contribution in [0.25, 0.3) is 0 Å². The van der Waals surface area contributed by atoms with E-state index in [2.05, 4.69) is 0 Å². The van der Waals surface area contributed by atoms with Gasteiger partial charge in [-0.1, -0.05) is 23.7 Å². The van der Waals surface area contributed by atoms with Crippen LogP contribution < -0.4 is 4.74 Å². The number of aliphatic hydroxyl groups excluding tert-OH is 4. The highest BCUT2D eigenvalue weighted by Crippen LogP contribution is 2.49. The summed E-state index contributed by atoms with van der Waals surface area (Å²) >= 11 is 6.33. The summed E-state index contributed by atoms with van der Waals surface area (Å²) in [5, 5.41) is 41.4. The van der Waals surface area contributed by atoms with Gasteiger partial charge in [0.25, 0.3) is 0 Å². The highest BCUT2D eigenvalue weighted by atomic mass is 35.5. The zero-order valence-electron chi connectivity index (χ0n) is 21.1. The fourth-order valence-corrected chi connectivity index (χ4v) is 4.20. The summed E-state index contributed by atoms with van der Waals surface area (Å²) in [4.78, 5) is 0. The predicted molar refractivity (Wildman–Crippen MR) is 108 cm³/mol. The molecule has 168 valence electrons. The Morgan fingerprint density at radius 3 is 2.77 bits per heavy atom. The molecule has 2 aromatic carbocycles. The fraction of sp³-hybridized carbons (Fsp3) is 0.455.